The largest absolute Gasteiger partial charge is 0.307 e. The fourth-order valence-corrected chi connectivity index (χ4v) is 13.1. The van der Waals surface area contributed by atoms with Gasteiger partial charge in [0.2, 0.25) is 0 Å². The summed E-state index contributed by atoms with van der Waals surface area (Å²) in [7, 11) is 0. The van der Waals surface area contributed by atoms with Gasteiger partial charge in [-0.25, -0.2) is 9.97 Å². The molecule has 5 heterocycles. The van der Waals surface area contributed by atoms with Gasteiger partial charge in [0.05, 0.1) is 55.5 Å². The topological polar surface area (TPSA) is 45.5 Å². The molecule has 382 valence electrons. The zero-order chi connectivity index (χ0) is 53.8. The predicted molar refractivity (Wildman–Crippen MR) is 341 cm³/mol. The van der Waals surface area contributed by atoms with Crippen LogP contribution in [0.25, 0.3) is 155 Å². The molecular formula is C76H48N6. The SMILES string of the molecule is c1ccc(-c2cc(-c3ccccc3)nc(-c3cccc(-n4c5ccc(-c6ccc7c(c6)c6ccc8c9ccccc9n(-c9ccccc9)c8c6n7-c6ccccc6)cc5c5ccc6c7ccccc7n(-c7ccccc7)c6c54)c3)n2)cc1. The van der Waals surface area contributed by atoms with Gasteiger partial charge in [0, 0.05) is 82.5 Å². The van der Waals surface area contributed by atoms with Gasteiger partial charge in [-0.2, -0.15) is 0 Å². The van der Waals surface area contributed by atoms with Gasteiger partial charge in [-0.1, -0.05) is 200 Å². The van der Waals surface area contributed by atoms with Crippen molar-refractivity contribution in [1.29, 1.82) is 0 Å². The van der Waals surface area contributed by atoms with Crippen LogP contribution in [0.3, 0.4) is 0 Å². The highest BCUT2D eigenvalue weighted by atomic mass is 15.1. The van der Waals surface area contributed by atoms with Crippen molar-refractivity contribution in [2.45, 2.75) is 0 Å². The van der Waals surface area contributed by atoms with E-state index in [4.69, 9.17) is 9.97 Å². The highest BCUT2D eigenvalue weighted by Gasteiger charge is 2.25. The minimum Gasteiger partial charge on any atom is -0.307 e. The van der Waals surface area contributed by atoms with E-state index >= 15 is 0 Å². The normalized spacial score (nSPS) is 11.9. The first-order valence-electron chi connectivity index (χ1n) is 28.0. The molecule has 5 aromatic heterocycles. The third-order valence-electron chi connectivity index (χ3n) is 16.7. The summed E-state index contributed by atoms with van der Waals surface area (Å²) < 4.78 is 9.86. The van der Waals surface area contributed by atoms with Crippen molar-refractivity contribution < 1.29 is 0 Å². The number of aromatic nitrogens is 6. The van der Waals surface area contributed by atoms with Gasteiger partial charge >= 0.3 is 0 Å². The average molecular weight is 1050 g/mol. The maximum Gasteiger partial charge on any atom is 0.160 e. The second-order valence-corrected chi connectivity index (χ2v) is 21.3. The van der Waals surface area contributed by atoms with E-state index < -0.39 is 0 Å². The number of rotatable bonds is 8. The first-order chi connectivity index (χ1) is 40.7. The third kappa shape index (κ3) is 7.01. The lowest BCUT2D eigenvalue weighted by molar-refractivity contribution is 1.14. The molecule has 6 heteroatoms. The zero-order valence-electron chi connectivity index (χ0n) is 44.4. The summed E-state index contributed by atoms with van der Waals surface area (Å²) in [6.45, 7) is 0. The van der Waals surface area contributed by atoms with Crippen LogP contribution in [0.15, 0.2) is 291 Å². The Morgan fingerprint density at radius 1 is 0.195 bits per heavy atom. The molecule has 82 heavy (non-hydrogen) atoms. The molecule has 6 nitrogen and oxygen atoms in total. The van der Waals surface area contributed by atoms with E-state index in [1.165, 1.54) is 59.6 Å². The van der Waals surface area contributed by atoms with E-state index in [1.54, 1.807) is 0 Å². The lowest BCUT2D eigenvalue weighted by Gasteiger charge is -2.14. The van der Waals surface area contributed by atoms with Crippen LogP contribution in [0.5, 0.6) is 0 Å². The van der Waals surface area contributed by atoms with Crippen molar-refractivity contribution in [2.24, 2.45) is 0 Å². The van der Waals surface area contributed by atoms with E-state index in [0.717, 1.165) is 89.5 Å². The number of nitrogens with zero attached hydrogens (tertiary/aromatic N) is 6. The minimum absolute atomic E-state index is 0.667. The Hall–Kier alpha value is -11.1. The molecule has 17 rings (SSSR count). The second kappa shape index (κ2) is 18.2. The fourth-order valence-electron chi connectivity index (χ4n) is 13.1. The summed E-state index contributed by atoms with van der Waals surface area (Å²) >= 11 is 0. The molecule has 0 spiro atoms. The van der Waals surface area contributed by atoms with Crippen LogP contribution in [-0.4, -0.2) is 28.2 Å². The van der Waals surface area contributed by atoms with E-state index in [2.05, 4.69) is 297 Å². The third-order valence-corrected chi connectivity index (χ3v) is 16.7. The van der Waals surface area contributed by atoms with Gasteiger partial charge in [-0.3, -0.25) is 0 Å². The van der Waals surface area contributed by atoms with Crippen LogP contribution in [0, 0.1) is 0 Å². The molecule has 0 bridgehead atoms. The number of hydrogen-bond acceptors (Lipinski definition) is 2. The average Bonchev–Trinajstić information content (AvgIpc) is 2.75. The van der Waals surface area contributed by atoms with Gasteiger partial charge in [0.1, 0.15) is 0 Å². The molecule has 0 radical (unpaired) electrons. The maximum atomic E-state index is 5.30. The molecule has 0 N–H and O–H groups in total. The molecule has 12 aromatic carbocycles. The summed E-state index contributed by atoms with van der Waals surface area (Å²) in [4.78, 5) is 10.6. The molecule has 0 atom stereocenters. The Kier molecular flexibility index (Phi) is 10.2. The van der Waals surface area contributed by atoms with Crippen molar-refractivity contribution in [3.63, 3.8) is 0 Å². The Labute approximate surface area is 471 Å². The van der Waals surface area contributed by atoms with Crippen molar-refractivity contribution in [3.8, 4) is 67.8 Å². The zero-order valence-corrected chi connectivity index (χ0v) is 44.4. The quantitative estimate of drug-likeness (QED) is 0.152. The summed E-state index contributed by atoms with van der Waals surface area (Å²) in [6.07, 6.45) is 0. The minimum atomic E-state index is 0.667. The highest BCUT2D eigenvalue weighted by molar-refractivity contribution is 6.26. The molecule has 17 aromatic rings. The van der Waals surface area contributed by atoms with Crippen LogP contribution >= 0.6 is 0 Å². The van der Waals surface area contributed by atoms with Gasteiger partial charge in [0.15, 0.2) is 5.82 Å². The van der Waals surface area contributed by atoms with Crippen LogP contribution in [0.1, 0.15) is 0 Å². The first kappa shape index (κ1) is 45.9. The predicted octanol–water partition coefficient (Wildman–Crippen LogP) is 19.5. The Morgan fingerprint density at radius 2 is 0.524 bits per heavy atom. The smallest absolute Gasteiger partial charge is 0.160 e. The second-order valence-electron chi connectivity index (χ2n) is 21.3. The molecule has 0 aliphatic carbocycles. The van der Waals surface area contributed by atoms with Gasteiger partial charge in [-0.15, -0.1) is 0 Å². The summed E-state index contributed by atoms with van der Waals surface area (Å²) in [6, 6.07) is 105. The lowest BCUT2D eigenvalue weighted by atomic mass is 10.00. The molecule has 0 aliphatic heterocycles. The molecule has 0 saturated carbocycles. The van der Waals surface area contributed by atoms with Crippen molar-refractivity contribution >= 4 is 87.2 Å². The molecule has 0 unspecified atom stereocenters. The van der Waals surface area contributed by atoms with E-state index in [1.807, 2.05) is 12.1 Å². The van der Waals surface area contributed by atoms with Crippen LogP contribution < -0.4 is 0 Å². The Morgan fingerprint density at radius 3 is 0.951 bits per heavy atom. The number of hydrogen-bond donors (Lipinski definition) is 0. The standard InChI is InChI=1S/C76H48N6/c1-6-21-49(22-7-1)66-48-67(50-23-8-2-9-24-50)78-76(77-66)53-25-20-32-57(45-53)82-71-44-38-52(47-65(71)63-42-40-61-59-34-17-19-36-69(59)80(73(61)75(63)82)55-28-12-4-13-29-55)51-37-43-70-64(46-51)62-41-39-60-58-33-16-18-35-68(58)79(54-26-10-3-11-27-54)72(60)74(62)81(70)56-30-14-5-15-31-56/h1-48H. The van der Waals surface area contributed by atoms with Crippen molar-refractivity contribution in [1.82, 2.24) is 28.2 Å². The highest BCUT2D eigenvalue weighted by Crippen LogP contribution is 2.46. The van der Waals surface area contributed by atoms with Crippen LogP contribution in [0.2, 0.25) is 0 Å². The lowest BCUT2D eigenvalue weighted by Crippen LogP contribution is -2.00. The monoisotopic (exact) mass is 1040 g/mol. The fraction of sp³-hybridized carbons (Fsp3) is 0. The van der Waals surface area contributed by atoms with Crippen molar-refractivity contribution in [2.75, 3.05) is 0 Å². The molecule has 0 saturated heterocycles. The summed E-state index contributed by atoms with van der Waals surface area (Å²) in [5, 5.41) is 9.60. The first-order valence-corrected chi connectivity index (χ1v) is 28.0. The maximum absolute atomic E-state index is 5.30. The van der Waals surface area contributed by atoms with Crippen molar-refractivity contribution in [3.05, 3.63) is 291 Å². The van der Waals surface area contributed by atoms with Gasteiger partial charge in [-0.05, 0) is 102 Å². The van der Waals surface area contributed by atoms with Gasteiger partial charge in [0.25, 0.3) is 0 Å². The Balaban J connectivity index is 0.918. The molecule has 0 aliphatic rings. The van der Waals surface area contributed by atoms with E-state index in [0.29, 0.717) is 5.82 Å². The number of para-hydroxylation sites is 5. The molecular weight excluding hydrogens is 997 g/mol. The number of benzene rings is 12. The van der Waals surface area contributed by atoms with E-state index in [-0.39, 0.29) is 0 Å². The van der Waals surface area contributed by atoms with Crippen LogP contribution in [-0.2, 0) is 0 Å². The molecule has 0 fully saturated rings. The Bertz CT molecular complexity index is 5310. The number of fused-ring (bicyclic) bond motifs is 14. The van der Waals surface area contributed by atoms with Crippen LogP contribution in [0.4, 0.5) is 0 Å². The molecule has 0 amide bonds. The summed E-state index contributed by atoms with van der Waals surface area (Å²) in [5.41, 5.74) is 20.7. The summed E-state index contributed by atoms with van der Waals surface area (Å²) in [5.74, 6) is 0.667. The van der Waals surface area contributed by atoms with Gasteiger partial charge < -0.3 is 18.3 Å². The van der Waals surface area contributed by atoms with E-state index in [9.17, 15) is 0 Å².